The number of hydrogen-bond donors (Lipinski definition) is 5. The second-order valence-electron chi connectivity index (χ2n) is 13.3. The normalized spacial score (nSPS) is 24.0. The quantitative estimate of drug-likeness (QED) is 0.0590. The van der Waals surface area contributed by atoms with Crippen LogP contribution in [-0.4, -0.2) is 80.3 Å². The van der Waals surface area contributed by atoms with E-state index in [-0.39, 0.29) is 37.1 Å². The van der Waals surface area contributed by atoms with Crippen molar-refractivity contribution in [2.24, 2.45) is 0 Å². The molecule has 0 bridgehead atoms. The van der Waals surface area contributed by atoms with E-state index in [9.17, 15) is 30.3 Å². The highest BCUT2D eigenvalue weighted by Crippen LogP contribution is 2.28. The average molecular weight is 613 g/mol. The van der Waals surface area contributed by atoms with Crippen LogP contribution in [0.25, 0.3) is 0 Å². The molecule has 1 saturated heterocycles. The summed E-state index contributed by atoms with van der Waals surface area (Å²) in [5.41, 5.74) is 0.483. The lowest BCUT2D eigenvalue weighted by molar-refractivity contribution is -0.139. The summed E-state index contributed by atoms with van der Waals surface area (Å²) >= 11 is 0. The maximum atomic E-state index is 11.7. The van der Waals surface area contributed by atoms with Crippen LogP contribution in [0.4, 0.5) is 0 Å². The maximum Gasteiger partial charge on any atom is 0.334 e. The molecule has 2 rings (SSSR count). The van der Waals surface area contributed by atoms with Crippen LogP contribution in [-0.2, 0) is 14.3 Å². The summed E-state index contributed by atoms with van der Waals surface area (Å²) in [6.45, 7) is 4.02. The molecule has 2 heterocycles. The third kappa shape index (κ3) is 16.7. The Morgan fingerprint density at radius 3 is 1.67 bits per heavy atom. The van der Waals surface area contributed by atoms with E-state index in [1.807, 2.05) is 0 Å². The Balaban J connectivity index is 1.45. The molecule has 8 atom stereocenters. The van der Waals surface area contributed by atoms with Gasteiger partial charge in [-0.15, -0.1) is 0 Å². The highest BCUT2D eigenvalue weighted by atomic mass is 16.5. The predicted octanol–water partition coefficient (Wildman–Crippen LogP) is 6.03. The summed E-state index contributed by atoms with van der Waals surface area (Å²) in [6, 6.07) is 0. The number of rotatable bonds is 26. The van der Waals surface area contributed by atoms with Gasteiger partial charge in [-0.25, -0.2) is 4.79 Å². The van der Waals surface area contributed by atoms with Crippen molar-refractivity contribution in [2.75, 3.05) is 0 Å². The Labute approximate surface area is 261 Å². The van der Waals surface area contributed by atoms with Crippen LogP contribution in [0.1, 0.15) is 155 Å². The smallest absolute Gasteiger partial charge is 0.334 e. The van der Waals surface area contributed by atoms with E-state index in [0.29, 0.717) is 31.3 Å². The molecule has 0 spiro atoms. The number of ether oxygens (including phenoxy) is 2. The van der Waals surface area contributed by atoms with E-state index in [1.54, 1.807) is 13.0 Å². The van der Waals surface area contributed by atoms with Gasteiger partial charge in [-0.1, -0.05) is 90.4 Å². The SMILES string of the molecule is CCCCCCCCCCCC[C@H](O)[C@@H]1CC[C@H]([C@H](O)CCCCCC(O)CC(O)CC[C@@H](O)CC2=C[C@H](C)OC2=O)O1. The lowest BCUT2D eigenvalue weighted by Crippen LogP contribution is -2.31. The molecular formula is C35H64O8. The zero-order valence-electron chi connectivity index (χ0n) is 27.2. The van der Waals surface area contributed by atoms with Crippen LogP contribution >= 0.6 is 0 Å². The largest absolute Gasteiger partial charge is 0.455 e. The maximum absolute atomic E-state index is 11.7. The first kappa shape index (κ1) is 38.2. The molecule has 5 N–H and O–H groups in total. The van der Waals surface area contributed by atoms with E-state index in [1.165, 1.54) is 57.8 Å². The molecule has 0 aliphatic carbocycles. The van der Waals surface area contributed by atoms with Gasteiger partial charge in [-0.2, -0.15) is 0 Å². The number of hydrogen-bond acceptors (Lipinski definition) is 8. The molecule has 0 saturated carbocycles. The topological polar surface area (TPSA) is 137 Å². The molecule has 2 aliphatic rings. The van der Waals surface area contributed by atoms with Crippen LogP contribution in [0.15, 0.2) is 11.6 Å². The van der Waals surface area contributed by atoms with Crippen molar-refractivity contribution in [3.8, 4) is 0 Å². The van der Waals surface area contributed by atoms with Gasteiger partial charge < -0.3 is 35.0 Å². The molecule has 2 unspecified atom stereocenters. The van der Waals surface area contributed by atoms with E-state index in [4.69, 9.17) is 9.47 Å². The number of aliphatic hydroxyl groups is 5. The Hall–Kier alpha value is -1.03. The molecular weight excluding hydrogens is 548 g/mol. The third-order valence-electron chi connectivity index (χ3n) is 9.16. The lowest BCUT2D eigenvalue weighted by Gasteiger charge is -2.22. The standard InChI is InChI=1S/C35H64O8/c1-3-4-5-6-7-8-9-10-11-14-17-31(39)33-21-22-34(43-33)32(40)18-15-12-13-16-28(36)25-30(38)20-19-29(37)24-27-23-26(2)42-35(27)41/h23,26,28-34,36-40H,3-22,24-25H2,1-2H3/t26-,28?,29+,30?,31-,32+,33-,34+/m0/s1. The van der Waals surface area contributed by atoms with Gasteiger partial charge in [0, 0.05) is 12.0 Å². The molecule has 1 fully saturated rings. The van der Waals surface area contributed by atoms with Crippen LogP contribution in [0.2, 0.25) is 0 Å². The third-order valence-corrected chi connectivity index (χ3v) is 9.16. The summed E-state index contributed by atoms with van der Waals surface area (Å²) in [5, 5.41) is 52.0. The first-order chi connectivity index (χ1) is 20.7. The Morgan fingerprint density at radius 1 is 0.674 bits per heavy atom. The first-order valence-corrected chi connectivity index (χ1v) is 17.7. The molecule has 0 amide bonds. The van der Waals surface area contributed by atoms with E-state index in [2.05, 4.69) is 6.92 Å². The van der Waals surface area contributed by atoms with Crippen molar-refractivity contribution in [1.82, 2.24) is 0 Å². The fourth-order valence-electron chi connectivity index (χ4n) is 6.45. The number of carbonyl (C=O) groups excluding carboxylic acids is 1. The van der Waals surface area contributed by atoms with Crippen molar-refractivity contribution >= 4 is 5.97 Å². The number of unbranched alkanes of at least 4 members (excludes halogenated alkanes) is 11. The average Bonchev–Trinajstić information content (AvgIpc) is 3.58. The second kappa shape index (κ2) is 22.5. The molecule has 0 radical (unpaired) electrons. The summed E-state index contributed by atoms with van der Waals surface area (Å²) in [5.74, 6) is -0.386. The highest BCUT2D eigenvalue weighted by molar-refractivity contribution is 5.90. The predicted molar refractivity (Wildman–Crippen MR) is 170 cm³/mol. The minimum absolute atomic E-state index is 0.166. The molecule has 2 aliphatic heterocycles. The van der Waals surface area contributed by atoms with E-state index in [0.717, 1.165) is 44.9 Å². The van der Waals surface area contributed by atoms with Gasteiger partial charge in [-0.05, 0) is 64.4 Å². The van der Waals surface area contributed by atoms with Gasteiger partial charge >= 0.3 is 5.97 Å². The Bertz CT molecular complexity index is 758. The van der Waals surface area contributed by atoms with Crippen LogP contribution < -0.4 is 0 Å². The molecule has 0 aromatic carbocycles. The van der Waals surface area contributed by atoms with E-state index < -0.39 is 30.5 Å². The Morgan fingerprint density at radius 2 is 1.14 bits per heavy atom. The van der Waals surface area contributed by atoms with Crippen molar-refractivity contribution in [3.63, 3.8) is 0 Å². The van der Waals surface area contributed by atoms with Gasteiger partial charge in [0.1, 0.15) is 6.10 Å². The number of carbonyl (C=O) groups is 1. The lowest BCUT2D eigenvalue weighted by atomic mass is 9.97. The summed E-state index contributed by atoms with van der Waals surface area (Å²) in [6.07, 6.45) is 18.2. The fourth-order valence-corrected chi connectivity index (χ4v) is 6.45. The van der Waals surface area contributed by atoms with Crippen LogP contribution in [0, 0.1) is 0 Å². The number of aliphatic hydroxyl groups excluding tert-OH is 5. The molecule has 8 nitrogen and oxygen atoms in total. The van der Waals surface area contributed by atoms with Gasteiger partial charge in [-0.3, -0.25) is 0 Å². The monoisotopic (exact) mass is 612 g/mol. The molecule has 0 aromatic heterocycles. The first-order valence-electron chi connectivity index (χ1n) is 17.7. The highest BCUT2D eigenvalue weighted by Gasteiger charge is 2.34. The molecule has 8 heteroatoms. The van der Waals surface area contributed by atoms with Crippen molar-refractivity contribution in [1.29, 1.82) is 0 Å². The molecule has 252 valence electrons. The number of cyclic esters (lactones) is 1. The van der Waals surface area contributed by atoms with Gasteiger partial charge in [0.15, 0.2) is 0 Å². The van der Waals surface area contributed by atoms with Crippen LogP contribution in [0.3, 0.4) is 0 Å². The van der Waals surface area contributed by atoms with Crippen LogP contribution in [0.5, 0.6) is 0 Å². The fraction of sp³-hybridized carbons (Fsp3) is 0.914. The summed E-state index contributed by atoms with van der Waals surface area (Å²) in [4.78, 5) is 11.7. The second-order valence-corrected chi connectivity index (χ2v) is 13.3. The summed E-state index contributed by atoms with van der Waals surface area (Å²) < 4.78 is 11.1. The van der Waals surface area contributed by atoms with Crippen molar-refractivity contribution < 1.29 is 39.8 Å². The minimum Gasteiger partial charge on any atom is -0.455 e. The molecule has 0 aromatic rings. The number of esters is 1. The minimum atomic E-state index is -0.728. The van der Waals surface area contributed by atoms with Gasteiger partial charge in [0.25, 0.3) is 0 Å². The zero-order valence-corrected chi connectivity index (χ0v) is 27.2. The summed E-state index contributed by atoms with van der Waals surface area (Å²) in [7, 11) is 0. The molecule has 43 heavy (non-hydrogen) atoms. The van der Waals surface area contributed by atoms with Crippen molar-refractivity contribution in [3.05, 3.63) is 11.6 Å². The zero-order chi connectivity index (χ0) is 31.5. The van der Waals surface area contributed by atoms with E-state index >= 15 is 0 Å². The van der Waals surface area contributed by atoms with Gasteiger partial charge in [0.2, 0.25) is 0 Å². The van der Waals surface area contributed by atoms with Gasteiger partial charge in [0.05, 0.1) is 42.7 Å². The Kier molecular flexibility index (Phi) is 19.9. The van der Waals surface area contributed by atoms with Crippen molar-refractivity contribution in [2.45, 2.75) is 204 Å².